The van der Waals surface area contributed by atoms with Crippen LogP contribution in [0.3, 0.4) is 0 Å². The van der Waals surface area contributed by atoms with Crippen LogP contribution in [0.1, 0.15) is 11.1 Å². The van der Waals surface area contributed by atoms with E-state index in [2.05, 4.69) is 41.7 Å². The minimum atomic E-state index is 0. The van der Waals surface area contributed by atoms with E-state index in [4.69, 9.17) is 12.2 Å². The number of hydrogen-bond donors (Lipinski definition) is 1. The second kappa shape index (κ2) is 9.56. The van der Waals surface area contributed by atoms with E-state index in [1.807, 2.05) is 24.3 Å². The van der Waals surface area contributed by atoms with E-state index in [0.717, 1.165) is 16.6 Å². The molecule has 0 aliphatic carbocycles. The molecule has 0 heterocycles. The Morgan fingerprint density at radius 1 is 0.895 bits per heavy atom. The van der Waals surface area contributed by atoms with Crippen LogP contribution in [0.4, 0.5) is 0 Å². The Labute approximate surface area is 146 Å². The fourth-order valence-electron chi connectivity index (χ4n) is 1.54. The number of thiocarbonyl (C=S) groups is 1. The van der Waals surface area contributed by atoms with Gasteiger partial charge in [-0.05, 0) is 11.1 Å². The van der Waals surface area contributed by atoms with Gasteiger partial charge in [0.15, 0.2) is 0 Å². The Morgan fingerprint density at radius 2 is 1.42 bits per heavy atom. The normalized spacial score (nSPS) is 9.47. The van der Waals surface area contributed by atoms with E-state index in [1.54, 1.807) is 11.8 Å². The molecule has 1 N–H and O–H groups in total. The molecule has 19 heavy (non-hydrogen) atoms. The molecule has 2 aromatic rings. The van der Waals surface area contributed by atoms with Gasteiger partial charge in [-0.2, -0.15) is 0 Å². The first-order valence-corrected chi connectivity index (χ1v) is 7.22. The predicted molar refractivity (Wildman–Crippen MR) is 90.8 cm³/mol. The molecule has 0 aromatic heterocycles. The number of rotatable bonds is 4. The third-order valence-corrected chi connectivity index (χ3v) is 3.87. The van der Waals surface area contributed by atoms with Crippen LogP contribution in [0.2, 0.25) is 0 Å². The monoisotopic (exact) mass is 297 g/mol. The molecule has 0 aliphatic heterocycles. The van der Waals surface area contributed by atoms with Gasteiger partial charge in [-0.3, -0.25) is 0 Å². The van der Waals surface area contributed by atoms with Gasteiger partial charge in [-0.1, -0.05) is 84.6 Å². The summed E-state index contributed by atoms with van der Waals surface area (Å²) < 4.78 is 0.850. The molecule has 0 aliphatic rings. The van der Waals surface area contributed by atoms with Gasteiger partial charge in [-0.25, -0.2) is 0 Å². The summed E-state index contributed by atoms with van der Waals surface area (Å²) in [5.41, 5.74) is 2.55. The molecule has 4 heteroatoms. The Hall–Kier alpha value is -0.320. The van der Waals surface area contributed by atoms with Crippen LogP contribution in [-0.2, 0) is 12.3 Å². The van der Waals surface area contributed by atoms with Crippen molar-refractivity contribution < 1.29 is 0 Å². The summed E-state index contributed by atoms with van der Waals surface area (Å²) in [6, 6.07) is 20.7. The van der Waals surface area contributed by atoms with Gasteiger partial charge in [-0.15, -0.1) is 0 Å². The topological polar surface area (TPSA) is 12.0 Å². The molecule has 94 valence electrons. The second-order valence-electron chi connectivity index (χ2n) is 3.90. The van der Waals surface area contributed by atoms with Crippen LogP contribution >= 0.6 is 24.0 Å². The number of thioether (sulfide) groups is 1. The van der Waals surface area contributed by atoms with E-state index < -0.39 is 0 Å². The standard InChI is InChI=1S/C15H15NS2.Na.H/c17-15(16-11-13-7-3-1-4-8-13)18-12-14-9-5-2-6-10-14;;/h1-10H,11-12H2,(H,16,17);;. The van der Waals surface area contributed by atoms with Crippen molar-refractivity contribution in [3.8, 4) is 0 Å². The zero-order chi connectivity index (χ0) is 12.6. The van der Waals surface area contributed by atoms with Gasteiger partial charge in [0.05, 0.1) is 0 Å². The van der Waals surface area contributed by atoms with Crippen LogP contribution in [0, 0.1) is 0 Å². The Morgan fingerprint density at radius 3 is 2.00 bits per heavy atom. The molecule has 0 saturated heterocycles. The number of nitrogens with one attached hydrogen (secondary N) is 1. The van der Waals surface area contributed by atoms with Gasteiger partial charge < -0.3 is 5.32 Å². The Bertz CT molecular complexity index is 443. The van der Waals surface area contributed by atoms with E-state index >= 15 is 0 Å². The van der Waals surface area contributed by atoms with Crippen molar-refractivity contribution in [2.24, 2.45) is 0 Å². The summed E-state index contributed by atoms with van der Waals surface area (Å²) in [4.78, 5) is 0. The van der Waals surface area contributed by atoms with Crippen molar-refractivity contribution in [3.63, 3.8) is 0 Å². The van der Waals surface area contributed by atoms with Crippen LogP contribution in [0.5, 0.6) is 0 Å². The predicted octanol–water partition coefficient (Wildman–Crippen LogP) is 3.35. The first kappa shape index (κ1) is 16.7. The van der Waals surface area contributed by atoms with Gasteiger partial charge in [0.25, 0.3) is 0 Å². The van der Waals surface area contributed by atoms with E-state index in [-0.39, 0.29) is 29.6 Å². The summed E-state index contributed by atoms with van der Waals surface area (Å²) >= 11 is 6.97. The van der Waals surface area contributed by atoms with Crippen molar-refractivity contribution in [2.75, 3.05) is 0 Å². The molecule has 0 atom stereocenters. The molecular formula is C15H16NNaS2. The summed E-state index contributed by atoms with van der Waals surface area (Å²) in [5, 5.41) is 3.26. The maximum atomic E-state index is 5.30. The Balaban J connectivity index is 0.00000180. The fraction of sp³-hybridized carbons (Fsp3) is 0.133. The van der Waals surface area contributed by atoms with Crippen LogP contribution in [-0.4, -0.2) is 33.9 Å². The average Bonchev–Trinajstić information content (AvgIpc) is 2.45. The molecule has 0 fully saturated rings. The van der Waals surface area contributed by atoms with Gasteiger partial charge in [0.1, 0.15) is 4.32 Å². The third kappa shape index (κ3) is 6.59. The van der Waals surface area contributed by atoms with Gasteiger partial charge >= 0.3 is 29.6 Å². The van der Waals surface area contributed by atoms with Crippen molar-refractivity contribution in [1.82, 2.24) is 5.32 Å². The van der Waals surface area contributed by atoms with Gasteiger partial charge in [0.2, 0.25) is 0 Å². The maximum absolute atomic E-state index is 5.30. The summed E-state index contributed by atoms with van der Waals surface area (Å²) in [6.45, 7) is 0.793. The minimum absolute atomic E-state index is 0. The molecule has 0 radical (unpaired) electrons. The van der Waals surface area contributed by atoms with Crippen LogP contribution in [0.25, 0.3) is 0 Å². The zero-order valence-corrected chi connectivity index (χ0v) is 11.6. The molecule has 0 unspecified atom stereocenters. The second-order valence-corrected chi connectivity index (χ2v) is 5.55. The summed E-state index contributed by atoms with van der Waals surface area (Å²) in [7, 11) is 0. The van der Waals surface area contributed by atoms with Gasteiger partial charge in [0, 0.05) is 12.3 Å². The van der Waals surface area contributed by atoms with Crippen molar-refractivity contribution in [3.05, 3.63) is 71.8 Å². The van der Waals surface area contributed by atoms with Crippen LogP contribution < -0.4 is 5.32 Å². The molecule has 0 saturated carbocycles. The molecule has 2 rings (SSSR count). The van der Waals surface area contributed by atoms with Crippen LogP contribution in [0.15, 0.2) is 60.7 Å². The molecule has 2 aromatic carbocycles. The molecular weight excluding hydrogens is 281 g/mol. The van der Waals surface area contributed by atoms with E-state index in [0.29, 0.717) is 0 Å². The van der Waals surface area contributed by atoms with E-state index in [1.165, 1.54) is 11.1 Å². The van der Waals surface area contributed by atoms with Crippen molar-refractivity contribution in [2.45, 2.75) is 12.3 Å². The summed E-state index contributed by atoms with van der Waals surface area (Å²) in [5.74, 6) is 0.918. The molecule has 0 bridgehead atoms. The third-order valence-electron chi connectivity index (χ3n) is 2.49. The first-order chi connectivity index (χ1) is 8.84. The fourth-order valence-corrected chi connectivity index (χ4v) is 2.46. The molecule has 0 amide bonds. The first-order valence-electron chi connectivity index (χ1n) is 5.83. The molecule has 1 nitrogen and oxygen atoms in total. The zero-order valence-electron chi connectivity index (χ0n) is 10.0. The Kier molecular flexibility index (Phi) is 8.42. The molecule has 0 spiro atoms. The quantitative estimate of drug-likeness (QED) is 0.686. The SMILES string of the molecule is S=C(NCc1ccccc1)SCc1ccccc1.[NaH]. The number of benzene rings is 2. The van der Waals surface area contributed by atoms with E-state index in [9.17, 15) is 0 Å². The van der Waals surface area contributed by atoms with Crippen molar-refractivity contribution >= 4 is 57.9 Å². The average molecular weight is 297 g/mol. The summed E-state index contributed by atoms with van der Waals surface area (Å²) in [6.07, 6.45) is 0. The van der Waals surface area contributed by atoms with Crippen molar-refractivity contribution in [1.29, 1.82) is 0 Å². The number of hydrogen-bond acceptors (Lipinski definition) is 2.